The number of Topliss-reactive ketones (excluding diaryl/α,β-unsaturated/α-hetero) is 1. The van der Waals surface area contributed by atoms with Gasteiger partial charge in [-0.05, 0) is 41.5 Å². The van der Waals surface area contributed by atoms with E-state index < -0.39 is 0 Å². The van der Waals surface area contributed by atoms with E-state index in [9.17, 15) is 15.0 Å². The number of phenols is 2. The van der Waals surface area contributed by atoms with Crippen molar-refractivity contribution >= 4 is 11.4 Å². The molecule has 0 unspecified atom stereocenters. The summed E-state index contributed by atoms with van der Waals surface area (Å²) in [5.74, 6) is 1.21. The van der Waals surface area contributed by atoms with Crippen molar-refractivity contribution in [3.8, 4) is 17.2 Å². The average molecular weight is 308 g/mol. The Balaban J connectivity index is 1.84. The van der Waals surface area contributed by atoms with Gasteiger partial charge in [0.1, 0.15) is 29.1 Å². The van der Waals surface area contributed by atoms with Crippen LogP contribution in [-0.4, -0.2) is 16.0 Å². The van der Waals surface area contributed by atoms with E-state index in [2.05, 4.69) is 0 Å². The number of ether oxygens (including phenoxy) is 1. The number of carbonyl (C=O) groups excluding carboxylic acids is 1. The summed E-state index contributed by atoms with van der Waals surface area (Å²) in [4.78, 5) is 11.9. The molecule has 0 saturated heterocycles. The molecule has 2 N–H and O–H groups in total. The summed E-state index contributed by atoms with van der Waals surface area (Å²) in [5.41, 5.74) is 2.84. The summed E-state index contributed by atoms with van der Waals surface area (Å²) in [6, 6.07) is 11.9. The second kappa shape index (κ2) is 5.16. The van der Waals surface area contributed by atoms with E-state index in [1.165, 1.54) is 0 Å². The number of benzene rings is 2. The van der Waals surface area contributed by atoms with Crippen LogP contribution in [0.3, 0.4) is 0 Å². The molecule has 2 aromatic carbocycles. The molecule has 23 heavy (non-hydrogen) atoms. The Morgan fingerprint density at radius 1 is 1.00 bits per heavy atom. The number of fused-ring (bicyclic) bond motifs is 3. The summed E-state index contributed by atoms with van der Waals surface area (Å²) in [6.45, 7) is 0. The lowest BCUT2D eigenvalue weighted by Gasteiger charge is -2.37. The van der Waals surface area contributed by atoms with Crippen LogP contribution in [0.5, 0.6) is 17.2 Å². The summed E-state index contributed by atoms with van der Waals surface area (Å²) in [5, 5.41) is 19.3. The maximum atomic E-state index is 11.9. The first-order valence-corrected chi connectivity index (χ1v) is 7.62. The van der Waals surface area contributed by atoms with Gasteiger partial charge in [-0.15, -0.1) is 0 Å². The van der Waals surface area contributed by atoms with Crippen molar-refractivity contribution in [2.45, 2.75) is 18.9 Å². The zero-order valence-corrected chi connectivity index (χ0v) is 12.4. The number of hydrogen-bond donors (Lipinski definition) is 2. The molecular weight excluding hydrogens is 292 g/mol. The van der Waals surface area contributed by atoms with Gasteiger partial charge in [0.05, 0.1) is 0 Å². The molecule has 0 spiro atoms. The molecule has 0 saturated carbocycles. The lowest BCUT2D eigenvalue weighted by Crippen LogP contribution is -2.29. The maximum Gasteiger partial charge on any atom is 0.137 e. The third-order valence-electron chi connectivity index (χ3n) is 4.51. The predicted molar refractivity (Wildman–Crippen MR) is 85.3 cm³/mol. The fourth-order valence-electron chi connectivity index (χ4n) is 3.42. The Morgan fingerprint density at radius 3 is 2.52 bits per heavy atom. The largest absolute Gasteiger partial charge is 0.508 e. The zero-order chi connectivity index (χ0) is 16.0. The van der Waals surface area contributed by atoms with Crippen LogP contribution in [0.25, 0.3) is 5.57 Å². The van der Waals surface area contributed by atoms with Crippen molar-refractivity contribution in [3.05, 3.63) is 59.7 Å². The molecule has 0 radical (unpaired) electrons. The Hall–Kier alpha value is -2.75. The first-order valence-electron chi connectivity index (χ1n) is 7.62. The quantitative estimate of drug-likeness (QED) is 0.845. The molecule has 2 aromatic rings. The van der Waals surface area contributed by atoms with Crippen LogP contribution in [0.4, 0.5) is 0 Å². The summed E-state index contributed by atoms with van der Waals surface area (Å²) in [6.07, 6.45) is 2.52. The highest BCUT2D eigenvalue weighted by molar-refractivity contribution is 5.90. The first kappa shape index (κ1) is 13.9. The van der Waals surface area contributed by atoms with Gasteiger partial charge in [-0.25, -0.2) is 0 Å². The number of rotatable bonds is 1. The SMILES string of the molecule is O=C1CC=C2c3cc(O)ccc3O[C@H](c3ccc(O)cc3)[C@@H]2C1. The smallest absolute Gasteiger partial charge is 0.137 e. The van der Waals surface area contributed by atoms with Gasteiger partial charge in [0, 0.05) is 24.3 Å². The Kier molecular flexibility index (Phi) is 3.11. The fourth-order valence-corrected chi connectivity index (χ4v) is 3.42. The van der Waals surface area contributed by atoms with Crippen molar-refractivity contribution in [1.29, 1.82) is 0 Å². The van der Waals surface area contributed by atoms with Crippen molar-refractivity contribution in [3.63, 3.8) is 0 Å². The molecule has 1 aliphatic carbocycles. The number of ketones is 1. The number of phenolic OH excluding ortho intramolecular Hbond substituents is 2. The minimum atomic E-state index is -0.275. The molecule has 4 nitrogen and oxygen atoms in total. The number of carbonyl (C=O) groups is 1. The molecular formula is C19H16O4. The molecule has 4 rings (SSSR count). The van der Waals surface area contributed by atoms with E-state index in [0.717, 1.165) is 16.7 Å². The molecule has 1 heterocycles. The molecule has 1 aliphatic heterocycles. The van der Waals surface area contributed by atoms with Gasteiger partial charge < -0.3 is 14.9 Å². The molecule has 116 valence electrons. The third-order valence-corrected chi connectivity index (χ3v) is 4.51. The van der Waals surface area contributed by atoms with Gasteiger partial charge in [0.25, 0.3) is 0 Å². The molecule has 4 heteroatoms. The van der Waals surface area contributed by atoms with Crippen molar-refractivity contribution in [2.75, 3.05) is 0 Å². The van der Waals surface area contributed by atoms with Gasteiger partial charge in [0.15, 0.2) is 0 Å². The van der Waals surface area contributed by atoms with Crippen molar-refractivity contribution in [1.82, 2.24) is 0 Å². The average Bonchev–Trinajstić information content (AvgIpc) is 2.55. The lowest BCUT2D eigenvalue weighted by molar-refractivity contribution is -0.119. The minimum Gasteiger partial charge on any atom is -0.508 e. The van der Waals surface area contributed by atoms with Crippen LogP contribution in [0.2, 0.25) is 0 Å². The zero-order valence-electron chi connectivity index (χ0n) is 12.4. The molecule has 0 bridgehead atoms. The van der Waals surface area contributed by atoms with Gasteiger partial charge in [-0.3, -0.25) is 4.79 Å². The summed E-state index contributed by atoms with van der Waals surface area (Å²) in [7, 11) is 0. The van der Waals surface area contributed by atoms with Crippen LogP contribution in [-0.2, 0) is 4.79 Å². The third kappa shape index (κ3) is 2.36. The molecule has 0 fully saturated rings. The van der Waals surface area contributed by atoms with E-state index >= 15 is 0 Å². The normalized spacial score (nSPS) is 22.6. The summed E-state index contributed by atoms with van der Waals surface area (Å²) < 4.78 is 6.14. The minimum absolute atomic E-state index is 0.0740. The van der Waals surface area contributed by atoms with E-state index in [0.29, 0.717) is 18.6 Å². The van der Waals surface area contributed by atoms with Crippen LogP contribution in [0.1, 0.15) is 30.1 Å². The number of hydrogen-bond acceptors (Lipinski definition) is 4. The van der Waals surface area contributed by atoms with E-state index in [4.69, 9.17) is 4.74 Å². The number of allylic oxidation sites excluding steroid dienone is 1. The number of aromatic hydroxyl groups is 2. The van der Waals surface area contributed by atoms with Gasteiger partial charge in [-0.1, -0.05) is 18.2 Å². The van der Waals surface area contributed by atoms with Crippen LogP contribution >= 0.6 is 0 Å². The van der Waals surface area contributed by atoms with Crippen molar-refractivity contribution in [2.24, 2.45) is 5.92 Å². The van der Waals surface area contributed by atoms with Crippen molar-refractivity contribution < 1.29 is 19.7 Å². The van der Waals surface area contributed by atoms with E-state index in [1.54, 1.807) is 30.3 Å². The van der Waals surface area contributed by atoms with Crippen LogP contribution in [0.15, 0.2) is 48.5 Å². The summed E-state index contributed by atoms with van der Waals surface area (Å²) >= 11 is 0. The predicted octanol–water partition coefficient (Wildman–Crippen LogP) is 3.59. The molecule has 0 amide bonds. The fraction of sp³-hybridized carbons (Fsp3) is 0.211. The van der Waals surface area contributed by atoms with Gasteiger partial charge in [-0.2, -0.15) is 0 Å². The highest BCUT2D eigenvalue weighted by Gasteiger charge is 2.38. The highest BCUT2D eigenvalue weighted by atomic mass is 16.5. The standard InChI is InChI=1S/C19H16O4/c20-12-3-1-11(2-4-12)19-17-10-13(21)5-7-15(17)16-9-14(22)6-8-18(16)23-19/h1-4,6-9,17,19-20,22H,5,10H2/t17-,19-/m1/s1. The highest BCUT2D eigenvalue weighted by Crippen LogP contribution is 2.49. The molecule has 2 atom stereocenters. The maximum absolute atomic E-state index is 11.9. The second-order valence-corrected chi connectivity index (χ2v) is 6.02. The Bertz CT molecular complexity index is 805. The Labute approximate surface area is 133 Å². The lowest BCUT2D eigenvalue weighted by atomic mass is 9.76. The topological polar surface area (TPSA) is 66.8 Å². The van der Waals surface area contributed by atoms with Crippen LogP contribution in [0, 0.1) is 5.92 Å². The molecule has 0 aromatic heterocycles. The van der Waals surface area contributed by atoms with Gasteiger partial charge in [0.2, 0.25) is 0 Å². The van der Waals surface area contributed by atoms with E-state index in [-0.39, 0.29) is 29.3 Å². The first-order chi connectivity index (χ1) is 11.1. The van der Waals surface area contributed by atoms with Crippen LogP contribution < -0.4 is 4.74 Å². The van der Waals surface area contributed by atoms with Gasteiger partial charge >= 0.3 is 0 Å². The Morgan fingerprint density at radius 2 is 1.74 bits per heavy atom. The second-order valence-electron chi connectivity index (χ2n) is 6.02. The molecule has 2 aliphatic rings. The monoisotopic (exact) mass is 308 g/mol. The van der Waals surface area contributed by atoms with E-state index in [1.807, 2.05) is 18.2 Å².